The van der Waals surface area contributed by atoms with Gasteiger partial charge in [0.25, 0.3) is 0 Å². The van der Waals surface area contributed by atoms with Crippen molar-refractivity contribution < 1.29 is 9.47 Å². The lowest BCUT2D eigenvalue weighted by Crippen LogP contribution is -2.36. The van der Waals surface area contributed by atoms with Crippen LogP contribution < -0.4 is 14.8 Å². The number of para-hydroxylation sites is 2. The third-order valence-corrected chi connectivity index (χ3v) is 3.13. The van der Waals surface area contributed by atoms with Gasteiger partial charge in [0.15, 0.2) is 11.5 Å². The summed E-state index contributed by atoms with van der Waals surface area (Å²) in [6.07, 6.45) is 4.78. The molecule has 0 amide bonds. The van der Waals surface area contributed by atoms with E-state index in [1.165, 1.54) is 19.3 Å². The SMILES string of the molecule is CCOc1ccccc1OCCCCCCNC(C)(C)C. The predicted octanol–water partition coefficient (Wildman–Crippen LogP) is 4.41. The molecule has 120 valence electrons. The van der Waals surface area contributed by atoms with Gasteiger partial charge in [0.2, 0.25) is 0 Å². The normalized spacial score (nSPS) is 11.4. The van der Waals surface area contributed by atoms with E-state index in [1.807, 2.05) is 31.2 Å². The van der Waals surface area contributed by atoms with E-state index < -0.39 is 0 Å². The van der Waals surface area contributed by atoms with E-state index in [2.05, 4.69) is 26.1 Å². The van der Waals surface area contributed by atoms with E-state index in [0.29, 0.717) is 6.61 Å². The maximum Gasteiger partial charge on any atom is 0.161 e. The molecule has 3 heteroatoms. The minimum Gasteiger partial charge on any atom is -0.490 e. The number of hydrogen-bond donors (Lipinski definition) is 1. The van der Waals surface area contributed by atoms with Crippen molar-refractivity contribution in [2.75, 3.05) is 19.8 Å². The van der Waals surface area contributed by atoms with Crippen LogP contribution in [0.15, 0.2) is 24.3 Å². The van der Waals surface area contributed by atoms with Gasteiger partial charge < -0.3 is 14.8 Å². The Labute approximate surface area is 130 Å². The molecule has 21 heavy (non-hydrogen) atoms. The Balaban J connectivity index is 2.09. The highest BCUT2D eigenvalue weighted by molar-refractivity contribution is 5.39. The summed E-state index contributed by atoms with van der Waals surface area (Å²) >= 11 is 0. The van der Waals surface area contributed by atoms with Gasteiger partial charge in [-0.1, -0.05) is 25.0 Å². The van der Waals surface area contributed by atoms with E-state index in [9.17, 15) is 0 Å². The first-order chi connectivity index (χ1) is 10.0. The fraction of sp³-hybridized carbons (Fsp3) is 0.667. The Bertz CT molecular complexity index is 385. The average molecular weight is 293 g/mol. The lowest BCUT2D eigenvalue weighted by Gasteiger charge is -2.20. The molecule has 0 aliphatic heterocycles. The summed E-state index contributed by atoms with van der Waals surface area (Å²) in [5.74, 6) is 1.70. The Morgan fingerprint density at radius 3 is 2.14 bits per heavy atom. The molecule has 0 heterocycles. The molecule has 0 fully saturated rings. The first-order valence-electron chi connectivity index (χ1n) is 8.12. The number of ether oxygens (including phenoxy) is 2. The van der Waals surface area contributed by atoms with Gasteiger partial charge in [-0.3, -0.25) is 0 Å². The van der Waals surface area contributed by atoms with Gasteiger partial charge in [-0.05, 0) is 59.2 Å². The zero-order valence-corrected chi connectivity index (χ0v) is 14.1. The van der Waals surface area contributed by atoms with E-state index >= 15 is 0 Å². The van der Waals surface area contributed by atoms with Crippen LogP contribution in [0.25, 0.3) is 0 Å². The molecular weight excluding hydrogens is 262 g/mol. The molecular formula is C18H31NO2. The molecule has 0 unspecified atom stereocenters. The Morgan fingerprint density at radius 2 is 1.52 bits per heavy atom. The predicted molar refractivity (Wildman–Crippen MR) is 89.3 cm³/mol. The minimum atomic E-state index is 0.228. The van der Waals surface area contributed by atoms with Crippen LogP contribution in [0.3, 0.4) is 0 Å². The zero-order valence-electron chi connectivity index (χ0n) is 14.1. The molecule has 1 aromatic carbocycles. The van der Waals surface area contributed by atoms with Gasteiger partial charge in [-0.15, -0.1) is 0 Å². The third kappa shape index (κ3) is 8.61. The Hall–Kier alpha value is -1.22. The van der Waals surface area contributed by atoms with E-state index in [4.69, 9.17) is 9.47 Å². The maximum absolute atomic E-state index is 5.81. The number of rotatable bonds is 10. The first-order valence-corrected chi connectivity index (χ1v) is 8.12. The minimum absolute atomic E-state index is 0.228. The lowest BCUT2D eigenvalue weighted by atomic mass is 10.1. The summed E-state index contributed by atoms with van der Waals surface area (Å²) in [6.45, 7) is 11.1. The summed E-state index contributed by atoms with van der Waals surface area (Å²) in [4.78, 5) is 0. The van der Waals surface area contributed by atoms with Gasteiger partial charge in [-0.25, -0.2) is 0 Å². The van der Waals surface area contributed by atoms with Gasteiger partial charge in [0, 0.05) is 5.54 Å². The summed E-state index contributed by atoms with van der Waals surface area (Å²) in [5.41, 5.74) is 0.228. The molecule has 0 spiro atoms. The van der Waals surface area contributed by atoms with Crippen molar-refractivity contribution in [3.05, 3.63) is 24.3 Å². The number of benzene rings is 1. The van der Waals surface area contributed by atoms with E-state index in [1.54, 1.807) is 0 Å². The number of unbranched alkanes of at least 4 members (excludes halogenated alkanes) is 3. The van der Waals surface area contributed by atoms with Crippen LogP contribution in [0.1, 0.15) is 53.4 Å². The molecule has 0 saturated carbocycles. The quantitative estimate of drug-likeness (QED) is 0.648. The molecule has 0 saturated heterocycles. The average Bonchev–Trinajstić information content (AvgIpc) is 2.42. The van der Waals surface area contributed by atoms with Crippen molar-refractivity contribution in [1.82, 2.24) is 5.32 Å². The third-order valence-electron chi connectivity index (χ3n) is 3.13. The van der Waals surface area contributed by atoms with E-state index in [0.717, 1.165) is 31.1 Å². The lowest BCUT2D eigenvalue weighted by molar-refractivity contribution is 0.270. The number of nitrogens with one attached hydrogen (secondary N) is 1. The summed E-state index contributed by atoms with van der Waals surface area (Å²) in [7, 11) is 0. The van der Waals surface area contributed by atoms with Crippen molar-refractivity contribution in [3.8, 4) is 11.5 Å². The van der Waals surface area contributed by atoms with Crippen molar-refractivity contribution >= 4 is 0 Å². The first kappa shape index (κ1) is 17.8. The Kier molecular flexibility index (Phi) is 8.21. The summed E-state index contributed by atoms with van der Waals surface area (Å²) in [5, 5.41) is 3.51. The highest BCUT2D eigenvalue weighted by Gasteiger charge is 2.07. The molecule has 0 radical (unpaired) electrons. The summed E-state index contributed by atoms with van der Waals surface area (Å²) in [6, 6.07) is 7.88. The van der Waals surface area contributed by atoms with Crippen molar-refractivity contribution in [2.45, 2.75) is 58.9 Å². The van der Waals surface area contributed by atoms with Crippen LogP contribution in [0.5, 0.6) is 11.5 Å². The highest BCUT2D eigenvalue weighted by atomic mass is 16.5. The second-order valence-corrected chi connectivity index (χ2v) is 6.32. The van der Waals surface area contributed by atoms with Crippen LogP contribution in [0.4, 0.5) is 0 Å². The van der Waals surface area contributed by atoms with Crippen molar-refractivity contribution in [1.29, 1.82) is 0 Å². The zero-order chi connectivity index (χ0) is 15.6. The number of hydrogen-bond acceptors (Lipinski definition) is 3. The standard InChI is InChI=1S/C18H31NO2/c1-5-20-16-12-8-9-13-17(16)21-15-11-7-6-10-14-19-18(2,3)4/h8-9,12-13,19H,5-7,10-11,14-15H2,1-4H3. The monoisotopic (exact) mass is 293 g/mol. The molecule has 0 aromatic heterocycles. The second-order valence-electron chi connectivity index (χ2n) is 6.32. The van der Waals surface area contributed by atoms with Crippen LogP contribution in [0.2, 0.25) is 0 Å². The molecule has 0 atom stereocenters. The van der Waals surface area contributed by atoms with Gasteiger partial charge in [0.1, 0.15) is 0 Å². The Morgan fingerprint density at radius 1 is 0.905 bits per heavy atom. The fourth-order valence-electron chi connectivity index (χ4n) is 2.07. The molecule has 1 aromatic rings. The fourth-order valence-corrected chi connectivity index (χ4v) is 2.07. The summed E-state index contributed by atoms with van der Waals surface area (Å²) < 4.78 is 11.4. The molecule has 0 aliphatic carbocycles. The maximum atomic E-state index is 5.81. The highest BCUT2D eigenvalue weighted by Crippen LogP contribution is 2.26. The topological polar surface area (TPSA) is 30.5 Å². The van der Waals surface area contributed by atoms with Gasteiger partial charge >= 0.3 is 0 Å². The largest absolute Gasteiger partial charge is 0.490 e. The van der Waals surface area contributed by atoms with Gasteiger partial charge in [0.05, 0.1) is 13.2 Å². The van der Waals surface area contributed by atoms with Crippen LogP contribution >= 0.6 is 0 Å². The van der Waals surface area contributed by atoms with Gasteiger partial charge in [-0.2, -0.15) is 0 Å². The van der Waals surface area contributed by atoms with Crippen molar-refractivity contribution in [3.63, 3.8) is 0 Å². The smallest absolute Gasteiger partial charge is 0.161 e. The molecule has 0 bridgehead atoms. The van der Waals surface area contributed by atoms with Crippen LogP contribution in [0, 0.1) is 0 Å². The van der Waals surface area contributed by atoms with Crippen LogP contribution in [-0.4, -0.2) is 25.3 Å². The van der Waals surface area contributed by atoms with Crippen molar-refractivity contribution in [2.24, 2.45) is 0 Å². The molecule has 3 nitrogen and oxygen atoms in total. The molecule has 1 rings (SSSR count). The molecule has 0 aliphatic rings. The molecule has 1 N–H and O–H groups in total. The second kappa shape index (κ2) is 9.67. The van der Waals surface area contributed by atoms with E-state index in [-0.39, 0.29) is 5.54 Å². The van der Waals surface area contributed by atoms with Crippen LogP contribution in [-0.2, 0) is 0 Å².